The minimum atomic E-state index is -3.58. The summed E-state index contributed by atoms with van der Waals surface area (Å²) in [6, 6.07) is 12.4. The first-order valence-electron chi connectivity index (χ1n) is 6.89. The lowest BCUT2D eigenvalue weighted by Crippen LogP contribution is -2.25. The van der Waals surface area contributed by atoms with Gasteiger partial charge in [0.15, 0.2) is 0 Å². The van der Waals surface area contributed by atoms with Crippen LogP contribution < -0.4 is 9.46 Å². The van der Waals surface area contributed by atoms with Gasteiger partial charge in [-0.25, -0.2) is 17.5 Å². The second-order valence-corrected chi connectivity index (χ2v) is 6.57. The van der Waals surface area contributed by atoms with E-state index < -0.39 is 15.8 Å². The molecular formula is C16H18FNO3S. The Labute approximate surface area is 130 Å². The molecule has 0 aliphatic rings. The molecule has 0 aliphatic heterocycles. The highest BCUT2D eigenvalue weighted by molar-refractivity contribution is 7.89. The molecule has 0 atom stereocenters. The van der Waals surface area contributed by atoms with E-state index in [-0.39, 0.29) is 4.90 Å². The van der Waals surface area contributed by atoms with Crippen molar-refractivity contribution in [1.82, 2.24) is 4.72 Å². The van der Waals surface area contributed by atoms with Crippen LogP contribution in [0, 0.1) is 5.82 Å². The Balaban J connectivity index is 1.83. The minimum absolute atomic E-state index is 0.0679. The number of methoxy groups -OCH3 is 1. The largest absolute Gasteiger partial charge is 0.497 e. The molecule has 0 bridgehead atoms. The maximum absolute atomic E-state index is 12.8. The fourth-order valence-corrected chi connectivity index (χ4v) is 3.06. The van der Waals surface area contributed by atoms with E-state index in [1.165, 1.54) is 12.1 Å². The van der Waals surface area contributed by atoms with E-state index in [0.717, 1.165) is 29.9 Å². The average molecular weight is 323 g/mol. The first-order valence-corrected chi connectivity index (χ1v) is 8.38. The molecule has 1 N–H and O–H groups in total. The zero-order valence-electron chi connectivity index (χ0n) is 12.3. The summed E-state index contributed by atoms with van der Waals surface area (Å²) in [7, 11) is -1.97. The molecule has 6 heteroatoms. The van der Waals surface area contributed by atoms with Crippen LogP contribution in [0.3, 0.4) is 0 Å². The van der Waals surface area contributed by atoms with Gasteiger partial charge >= 0.3 is 0 Å². The van der Waals surface area contributed by atoms with Gasteiger partial charge in [-0.3, -0.25) is 0 Å². The molecule has 0 aromatic heterocycles. The number of rotatable bonds is 7. The fraction of sp³-hybridized carbons (Fsp3) is 0.250. The van der Waals surface area contributed by atoms with Crippen molar-refractivity contribution in [1.29, 1.82) is 0 Å². The Bertz CT molecular complexity index is 697. The van der Waals surface area contributed by atoms with Gasteiger partial charge in [-0.05, 0) is 54.8 Å². The van der Waals surface area contributed by atoms with Crippen LogP contribution in [0.15, 0.2) is 53.4 Å². The van der Waals surface area contributed by atoms with Gasteiger partial charge in [0.1, 0.15) is 11.6 Å². The summed E-state index contributed by atoms with van der Waals surface area (Å²) in [6.45, 7) is 0.325. The molecule has 0 unspecified atom stereocenters. The molecule has 0 fully saturated rings. The van der Waals surface area contributed by atoms with E-state index in [0.29, 0.717) is 13.0 Å². The van der Waals surface area contributed by atoms with Crippen LogP contribution in [-0.4, -0.2) is 22.1 Å². The molecular weight excluding hydrogens is 305 g/mol. The third-order valence-electron chi connectivity index (χ3n) is 3.22. The summed E-state index contributed by atoms with van der Waals surface area (Å²) in [4.78, 5) is 0.0679. The number of nitrogens with one attached hydrogen (secondary N) is 1. The number of hydrogen-bond donors (Lipinski definition) is 1. The van der Waals surface area contributed by atoms with Gasteiger partial charge in [0, 0.05) is 6.54 Å². The monoisotopic (exact) mass is 323 g/mol. The Kier molecular flexibility index (Phi) is 5.51. The highest BCUT2D eigenvalue weighted by atomic mass is 32.2. The third-order valence-corrected chi connectivity index (χ3v) is 4.69. The van der Waals surface area contributed by atoms with Crippen LogP contribution >= 0.6 is 0 Å². The highest BCUT2D eigenvalue weighted by Crippen LogP contribution is 2.13. The molecule has 0 spiro atoms. The average Bonchev–Trinajstić information content (AvgIpc) is 2.52. The zero-order chi connectivity index (χ0) is 16.0. The van der Waals surface area contributed by atoms with Gasteiger partial charge in [0.05, 0.1) is 12.0 Å². The maximum atomic E-state index is 12.8. The zero-order valence-corrected chi connectivity index (χ0v) is 13.1. The molecule has 0 radical (unpaired) electrons. The van der Waals surface area contributed by atoms with Crippen molar-refractivity contribution in [3.63, 3.8) is 0 Å². The van der Waals surface area contributed by atoms with Crippen LogP contribution in [-0.2, 0) is 16.4 Å². The van der Waals surface area contributed by atoms with Gasteiger partial charge < -0.3 is 4.74 Å². The Morgan fingerprint density at radius 3 is 2.27 bits per heavy atom. The van der Waals surface area contributed by atoms with E-state index in [9.17, 15) is 12.8 Å². The quantitative estimate of drug-likeness (QED) is 0.797. The normalized spacial score (nSPS) is 11.4. The molecule has 22 heavy (non-hydrogen) atoms. The van der Waals surface area contributed by atoms with Gasteiger partial charge in [0.2, 0.25) is 10.0 Å². The molecule has 2 aromatic rings. The second kappa shape index (κ2) is 7.38. The van der Waals surface area contributed by atoms with Crippen molar-refractivity contribution in [2.75, 3.05) is 13.7 Å². The van der Waals surface area contributed by atoms with E-state index in [2.05, 4.69) is 4.72 Å². The SMILES string of the molecule is COc1ccc(CCCNS(=O)(=O)c2ccc(F)cc2)cc1. The van der Waals surface area contributed by atoms with Crippen LogP contribution in [0.5, 0.6) is 5.75 Å². The predicted molar refractivity (Wildman–Crippen MR) is 82.9 cm³/mol. The topological polar surface area (TPSA) is 55.4 Å². The molecule has 0 amide bonds. The van der Waals surface area contributed by atoms with Crippen molar-refractivity contribution < 1.29 is 17.5 Å². The minimum Gasteiger partial charge on any atom is -0.497 e. The number of halogens is 1. The first-order chi connectivity index (χ1) is 10.5. The molecule has 0 saturated carbocycles. The van der Waals surface area contributed by atoms with E-state index in [1.54, 1.807) is 7.11 Å². The number of ether oxygens (including phenoxy) is 1. The van der Waals surface area contributed by atoms with Crippen molar-refractivity contribution in [2.24, 2.45) is 0 Å². The van der Waals surface area contributed by atoms with Crippen LogP contribution in [0.25, 0.3) is 0 Å². The van der Waals surface area contributed by atoms with Gasteiger partial charge in [-0.2, -0.15) is 0 Å². The number of aryl methyl sites for hydroxylation is 1. The molecule has 2 aromatic carbocycles. The lowest BCUT2D eigenvalue weighted by atomic mass is 10.1. The van der Waals surface area contributed by atoms with Crippen LogP contribution in [0.2, 0.25) is 0 Å². The van der Waals surface area contributed by atoms with Crippen molar-refractivity contribution >= 4 is 10.0 Å². The maximum Gasteiger partial charge on any atom is 0.240 e. The summed E-state index contributed by atoms with van der Waals surface area (Å²) >= 11 is 0. The summed E-state index contributed by atoms with van der Waals surface area (Å²) in [5.41, 5.74) is 1.11. The van der Waals surface area contributed by atoms with Crippen molar-refractivity contribution in [3.8, 4) is 5.75 Å². The summed E-state index contributed by atoms with van der Waals surface area (Å²) in [5.74, 6) is 0.333. The number of hydrogen-bond acceptors (Lipinski definition) is 3. The third kappa shape index (κ3) is 4.54. The number of sulfonamides is 1. The molecule has 0 heterocycles. The Morgan fingerprint density at radius 2 is 1.68 bits per heavy atom. The molecule has 4 nitrogen and oxygen atoms in total. The standard InChI is InChI=1S/C16H18FNO3S/c1-21-15-8-4-13(5-9-15)3-2-12-18-22(19,20)16-10-6-14(17)7-11-16/h4-11,18H,2-3,12H2,1H3. The van der Waals surface area contributed by atoms with E-state index in [1.807, 2.05) is 24.3 Å². The molecule has 0 saturated heterocycles. The lowest BCUT2D eigenvalue weighted by Gasteiger charge is -2.07. The molecule has 2 rings (SSSR count). The molecule has 118 valence electrons. The predicted octanol–water partition coefficient (Wildman–Crippen LogP) is 2.75. The number of benzene rings is 2. The summed E-state index contributed by atoms with van der Waals surface area (Å²) < 4.78 is 44.4. The van der Waals surface area contributed by atoms with E-state index in [4.69, 9.17) is 4.74 Å². The van der Waals surface area contributed by atoms with Crippen LogP contribution in [0.4, 0.5) is 4.39 Å². The summed E-state index contributed by atoms with van der Waals surface area (Å²) in [5, 5.41) is 0. The summed E-state index contributed by atoms with van der Waals surface area (Å²) in [6.07, 6.45) is 1.43. The van der Waals surface area contributed by atoms with Gasteiger partial charge in [-0.15, -0.1) is 0 Å². The first kappa shape index (κ1) is 16.5. The fourth-order valence-electron chi connectivity index (χ4n) is 1.99. The smallest absolute Gasteiger partial charge is 0.240 e. The van der Waals surface area contributed by atoms with Crippen molar-refractivity contribution in [2.45, 2.75) is 17.7 Å². The Morgan fingerprint density at radius 1 is 1.05 bits per heavy atom. The molecule has 0 aliphatic carbocycles. The van der Waals surface area contributed by atoms with Gasteiger partial charge in [0.25, 0.3) is 0 Å². The van der Waals surface area contributed by atoms with Gasteiger partial charge in [-0.1, -0.05) is 12.1 Å². The van der Waals surface area contributed by atoms with Crippen molar-refractivity contribution in [3.05, 3.63) is 59.9 Å². The van der Waals surface area contributed by atoms with E-state index >= 15 is 0 Å². The second-order valence-electron chi connectivity index (χ2n) is 4.80. The highest BCUT2D eigenvalue weighted by Gasteiger charge is 2.12. The lowest BCUT2D eigenvalue weighted by molar-refractivity contribution is 0.414. The Hall–Kier alpha value is -1.92. The van der Waals surface area contributed by atoms with Crippen LogP contribution in [0.1, 0.15) is 12.0 Å².